The molecule has 0 spiro atoms. The number of anilines is 1. The Labute approximate surface area is 274 Å². The highest BCUT2D eigenvalue weighted by Crippen LogP contribution is 2.32. The van der Waals surface area contributed by atoms with Gasteiger partial charge in [-0.05, 0) is 64.3 Å². The maximum absolute atomic E-state index is 13.6. The molecule has 3 aromatic heterocycles. The minimum Gasteiger partial charge on any atom is -0.352 e. The first-order chi connectivity index (χ1) is 22.0. The quantitative estimate of drug-likeness (QED) is 0.312. The van der Waals surface area contributed by atoms with E-state index < -0.39 is 5.41 Å². The fourth-order valence-electron chi connectivity index (χ4n) is 6.79. The Kier molecular flexibility index (Phi) is 10.9. The van der Waals surface area contributed by atoms with Crippen LogP contribution in [-0.2, 0) is 22.6 Å². The first-order valence-electron chi connectivity index (χ1n) is 17.1. The van der Waals surface area contributed by atoms with Crippen LogP contribution in [0.4, 0.5) is 5.82 Å². The molecule has 4 heterocycles. The van der Waals surface area contributed by atoms with Crippen molar-refractivity contribution in [3.8, 4) is 0 Å². The molecule has 1 aliphatic carbocycles. The van der Waals surface area contributed by atoms with Crippen molar-refractivity contribution < 1.29 is 9.59 Å². The Bertz CT molecular complexity index is 1460. The molecule has 0 atom stereocenters. The molecular weight excluding hydrogens is 578 g/mol. The smallest absolute Gasteiger partial charge is 0.227 e. The lowest BCUT2D eigenvalue weighted by Crippen LogP contribution is -2.51. The second-order valence-electron chi connectivity index (χ2n) is 14.4. The van der Waals surface area contributed by atoms with Gasteiger partial charge in [-0.25, -0.2) is 14.6 Å². The molecule has 3 aromatic rings. The van der Waals surface area contributed by atoms with Gasteiger partial charge in [0.2, 0.25) is 11.8 Å². The topological polar surface area (TPSA) is 104 Å². The van der Waals surface area contributed by atoms with E-state index in [2.05, 4.69) is 48.8 Å². The largest absolute Gasteiger partial charge is 0.352 e. The lowest BCUT2D eigenvalue weighted by atomic mass is 9.80. The fraction of sp³-hybridized carbons (Fsp3) is 0.657. The van der Waals surface area contributed by atoms with Crippen LogP contribution in [0.2, 0.25) is 0 Å². The van der Waals surface area contributed by atoms with E-state index in [9.17, 15) is 9.59 Å². The number of nitrogens with zero attached hydrogens (tertiary/aromatic N) is 9. The monoisotopic (exact) mass is 631 g/mol. The summed E-state index contributed by atoms with van der Waals surface area (Å²) in [6.07, 6.45) is 9.28. The highest BCUT2D eigenvalue weighted by atomic mass is 16.2. The number of rotatable bonds is 11. The zero-order valence-corrected chi connectivity index (χ0v) is 28.8. The molecule has 0 unspecified atom stereocenters. The maximum Gasteiger partial charge on any atom is 0.227 e. The summed E-state index contributed by atoms with van der Waals surface area (Å²) in [4.78, 5) is 49.2. The van der Waals surface area contributed by atoms with Crippen LogP contribution in [0.3, 0.4) is 0 Å². The average molecular weight is 632 g/mol. The first kappa shape index (κ1) is 33.8. The van der Waals surface area contributed by atoms with Crippen molar-refractivity contribution in [2.75, 3.05) is 64.8 Å². The van der Waals surface area contributed by atoms with E-state index in [0.29, 0.717) is 25.6 Å². The molecule has 1 saturated heterocycles. The van der Waals surface area contributed by atoms with Gasteiger partial charge in [0.25, 0.3) is 0 Å². The van der Waals surface area contributed by atoms with Gasteiger partial charge in [0.05, 0.1) is 23.8 Å². The minimum atomic E-state index is -0.391. The van der Waals surface area contributed by atoms with E-state index in [1.54, 1.807) is 6.33 Å². The van der Waals surface area contributed by atoms with E-state index in [4.69, 9.17) is 4.98 Å². The van der Waals surface area contributed by atoms with Crippen molar-refractivity contribution in [1.82, 2.24) is 39.4 Å². The predicted molar refractivity (Wildman–Crippen MR) is 181 cm³/mol. The molecule has 1 aliphatic heterocycles. The lowest BCUT2D eigenvalue weighted by molar-refractivity contribution is -0.141. The summed E-state index contributed by atoms with van der Waals surface area (Å²) < 4.78 is 1.90. The Hall–Kier alpha value is -3.60. The van der Waals surface area contributed by atoms with Crippen molar-refractivity contribution >= 4 is 28.7 Å². The summed E-state index contributed by atoms with van der Waals surface area (Å²) in [5.74, 6) is 1.90. The summed E-state index contributed by atoms with van der Waals surface area (Å²) in [6.45, 7) is 13.9. The third kappa shape index (κ3) is 8.21. The zero-order chi connectivity index (χ0) is 32.8. The van der Waals surface area contributed by atoms with Gasteiger partial charge < -0.3 is 19.6 Å². The van der Waals surface area contributed by atoms with Crippen molar-refractivity contribution in [2.24, 2.45) is 17.3 Å². The Morgan fingerprint density at radius 3 is 2.35 bits per heavy atom. The predicted octanol–water partition coefficient (Wildman–Crippen LogP) is 4.11. The SMILES string of the molecule is CCCc1cccc(Cn2ncc3c(N4CCN(C(=O)[C@H]5CC[C@H](CN(CCN(C)C)C(=O)C(C)(C)C)CC5)CC4)ncnc32)n1. The molecule has 0 N–H and O–H groups in total. The molecule has 0 bridgehead atoms. The number of hydrogen-bond acceptors (Lipinski definition) is 8. The number of amides is 2. The first-order valence-corrected chi connectivity index (χ1v) is 17.1. The van der Waals surface area contributed by atoms with Crippen LogP contribution in [0, 0.1) is 17.3 Å². The summed E-state index contributed by atoms with van der Waals surface area (Å²) in [5.41, 5.74) is 2.48. The van der Waals surface area contributed by atoms with Crippen molar-refractivity contribution in [1.29, 1.82) is 0 Å². The minimum absolute atomic E-state index is 0.0739. The molecule has 5 rings (SSSR count). The van der Waals surface area contributed by atoms with Gasteiger partial charge in [0.15, 0.2) is 5.65 Å². The molecular formula is C35H53N9O2. The number of likely N-dealkylation sites (N-methyl/N-ethyl adjacent to an activating group) is 1. The molecule has 2 amide bonds. The molecule has 2 fully saturated rings. The summed E-state index contributed by atoms with van der Waals surface area (Å²) in [6, 6.07) is 6.17. The third-order valence-electron chi connectivity index (χ3n) is 9.41. The zero-order valence-electron chi connectivity index (χ0n) is 28.8. The van der Waals surface area contributed by atoms with Gasteiger partial charge in [-0.2, -0.15) is 5.10 Å². The molecule has 11 nitrogen and oxygen atoms in total. The Morgan fingerprint density at radius 2 is 1.67 bits per heavy atom. The van der Waals surface area contributed by atoms with Gasteiger partial charge in [0, 0.05) is 62.8 Å². The normalized spacial score (nSPS) is 19.2. The van der Waals surface area contributed by atoms with Gasteiger partial charge in [-0.15, -0.1) is 0 Å². The molecule has 46 heavy (non-hydrogen) atoms. The van der Waals surface area contributed by atoms with Gasteiger partial charge >= 0.3 is 0 Å². The van der Waals surface area contributed by atoms with E-state index in [1.807, 2.05) is 56.7 Å². The molecule has 0 aromatic carbocycles. The van der Waals surface area contributed by atoms with Crippen molar-refractivity contribution in [3.05, 3.63) is 42.1 Å². The highest BCUT2D eigenvalue weighted by Gasteiger charge is 2.34. The molecule has 250 valence electrons. The summed E-state index contributed by atoms with van der Waals surface area (Å²) >= 11 is 0. The third-order valence-corrected chi connectivity index (χ3v) is 9.41. The van der Waals surface area contributed by atoms with Gasteiger partial charge in [0.1, 0.15) is 12.1 Å². The summed E-state index contributed by atoms with van der Waals surface area (Å²) in [7, 11) is 4.09. The number of hydrogen-bond donors (Lipinski definition) is 0. The number of aryl methyl sites for hydroxylation is 1. The standard InChI is InChI=1S/C35H53N9O2/c1-7-9-28-10-8-11-29(39-28)24-44-32-30(22-38-44)31(36-25-37-32)41-18-20-42(21-19-41)33(45)27-14-12-26(13-15-27)23-43(17-16-40(5)6)34(46)35(2,3)4/h8,10-11,22,25-27H,7,9,12-21,23-24H2,1-6H3/t26-,27-. The maximum atomic E-state index is 13.6. The van der Waals surface area contributed by atoms with E-state index in [0.717, 1.165) is 99.5 Å². The van der Waals surface area contributed by atoms with Crippen LogP contribution in [0.15, 0.2) is 30.7 Å². The van der Waals surface area contributed by atoms with Gasteiger partial charge in [-0.3, -0.25) is 14.6 Å². The van der Waals surface area contributed by atoms with E-state index in [-0.39, 0.29) is 17.7 Å². The molecule has 0 radical (unpaired) electrons. The van der Waals surface area contributed by atoms with Crippen LogP contribution in [0.1, 0.15) is 71.2 Å². The number of carbonyl (C=O) groups is 2. The Morgan fingerprint density at radius 1 is 0.957 bits per heavy atom. The lowest BCUT2D eigenvalue weighted by Gasteiger charge is -2.39. The second kappa shape index (κ2) is 14.9. The van der Waals surface area contributed by atoms with E-state index in [1.165, 1.54) is 0 Å². The van der Waals surface area contributed by atoms with Crippen LogP contribution in [0.25, 0.3) is 11.0 Å². The number of aromatic nitrogens is 5. The number of carbonyl (C=O) groups excluding carboxylic acids is 2. The molecule has 11 heteroatoms. The van der Waals surface area contributed by atoms with Crippen LogP contribution in [-0.4, -0.2) is 111 Å². The Balaban J connectivity index is 1.14. The van der Waals surface area contributed by atoms with Crippen LogP contribution < -0.4 is 4.90 Å². The number of piperazine rings is 1. The number of fused-ring (bicyclic) bond motifs is 1. The van der Waals surface area contributed by atoms with Crippen molar-refractivity contribution in [2.45, 2.75) is 72.8 Å². The van der Waals surface area contributed by atoms with Gasteiger partial charge in [-0.1, -0.05) is 40.2 Å². The fourth-order valence-corrected chi connectivity index (χ4v) is 6.79. The average Bonchev–Trinajstić information content (AvgIpc) is 3.45. The second-order valence-corrected chi connectivity index (χ2v) is 14.4. The molecule has 2 aliphatic rings. The van der Waals surface area contributed by atoms with E-state index >= 15 is 0 Å². The highest BCUT2D eigenvalue weighted by molar-refractivity contribution is 5.87. The van der Waals surface area contributed by atoms with Crippen LogP contribution >= 0.6 is 0 Å². The molecule has 1 saturated carbocycles. The van der Waals surface area contributed by atoms with Crippen molar-refractivity contribution in [3.63, 3.8) is 0 Å². The number of pyridine rings is 1. The van der Waals surface area contributed by atoms with Crippen LogP contribution in [0.5, 0.6) is 0 Å². The summed E-state index contributed by atoms with van der Waals surface area (Å²) in [5, 5.41) is 5.57.